The van der Waals surface area contributed by atoms with Gasteiger partial charge in [-0.3, -0.25) is 0 Å². The van der Waals surface area contributed by atoms with Crippen LogP contribution in [0.4, 0.5) is 0 Å². The van der Waals surface area contributed by atoms with Crippen molar-refractivity contribution in [3.63, 3.8) is 0 Å². The van der Waals surface area contributed by atoms with Crippen LogP contribution in [0.25, 0.3) is 22.3 Å². The van der Waals surface area contributed by atoms with Crippen LogP contribution in [0.5, 0.6) is 11.6 Å². The number of rotatable bonds is 4. The molecule has 0 N–H and O–H groups in total. The van der Waals surface area contributed by atoms with Gasteiger partial charge in [-0.05, 0) is 0 Å². The first-order valence-electron chi connectivity index (χ1n) is 10.8. The molecule has 3 aromatic carbocycles. The summed E-state index contributed by atoms with van der Waals surface area (Å²) in [7, 11) is 0. The first-order valence-corrected chi connectivity index (χ1v) is 15.5. The Hall–Kier alpha value is -2.67. The fourth-order valence-corrected chi connectivity index (χ4v) is 13.2. The average Bonchev–Trinajstić information content (AvgIpc) is 3.19. The van der Waals surface area contributed by atoms with Gasteiger partial charge in [0.15, 0.2) is 0 Å². The second-order valence-corrected chi connectivity index (χ2v) is 15.2. The van der Waals surface area contributed by atoms with Gasteiger partial charge in [-0.25, -0.2) is 0 Å². The Labute approximate surface area is 216 Å². The minimum Gasteiger partial charge on any atom is 2.00 e. The summed E-state index contributed by atoms with van der Waals surface area (Å²) in [5, 5.41) is 0. The van der Waals surface area contributed by atoms with Gasteiger partial charge in [0.2, 0.25) is 0 Å². The SMILES string of the molecule is [2H]c1cccn[c]1[Bi]1[c]2[c-]c(-c3[c-]c(Oc4ccccn4)ccc3)ccc2-c2cccc[c]21.[Pt+2]. The third-order valence-corrected chi connectivity index (χ3v) is 14.4. The predicted octanol–water partition coefficient (Wildman–Crippen LogP) is 4.03. The molecule has 5 heteroatoms. The number of nitrogens with zero attached hydrogens (tertiary/aromatic N) is 2. The second kappa shape index (κ2) is 9.67. The van der Waals surface area contributed by atoms with Gasteiger partial charge >= 0.3 is 218 Å². The van der Waals surface area contributed by atoms with E-state index in [1.807, 2.05) is 48.5 Å². The first kappa shape index (κ1) is 20.9. The van der Waals surface area contributed by atoms with E-state index < -0.39 is 21.8 Å². The van der Waals surface area contributed by atoms with Gasteiger partial charge in [0.05, 0.1) is 0 Å². The third kappa shape index (κ3) is 4.31. The van der Waals surface area contributed by atoms with Crippen molar-refractivity contribution in [1.29, 1.82) is 0 Å². The van der Waals surface area contributed by atoms with Gasteiger partial charge in [0.25, 0.3) is 0 Å². The molecule has 0 atom stereocenters. The largest absolute Gasteiger partial charge is 2.00 e. The van der Waals surface area contributed by atoms with E-state index in [9.17, 15) is 0 Å². The van der Waals surface area contributed by atoms with E-state index in [-0.39, 0.29) is 21.1 Å². The average molecular weight is 803 g/mol. The van der Waals surface area contributed by atoms with Crippen molar-refractivity contribution in [3.05, 3.63) is 115 Å². The molecule has 0 fully saturated rings. The van der Waals surface area contributed by atoms with Crippen LogP contribution in [-0.2, 0) is 21.1 Å². The number of aromatic nitrogens is 2. The molecule has 3 nitrogen and oxygen atoms in total. The molecule has 0 aliphatic carbocycles. The van der Waals surface area contributed by atoms with E-state index in [0.717, 1.165) is 14.5 Å². The minimum absolute atomic E-state index is 0. The van der Waals surface area contributed by atoms with Crippen molar-refractivity contribution in [1.82, 2.24) is 9.97 Å². The van der Waals surface area contributed by atoms with Crippen LogP contribution in [-0.4, -0.2) is 31.7 Å². The zero-order valence-electron chi connectivity index (χ0n) is 18.3. The van der Waals surface area contributed by atoms with E-state index in [0.29, 0.717) is 17.7 Å². The Balaban J connectivity index is 0.00000241. The molecule has 0 saturated heterocycles. The fourth-order valence-electron chi connectivity index (χ4n) is 3.89. The standard InChI is InChI=1S/C23H13NO.C5H4N.Bi.Pt/c1-2-7-18(8-3-1)19-12-14-20(15-13-19)21-9-6-10-22(17-21)25-23-11-4-5-16-24-23;1-2-4-6-5-3-1;;/h1-7,9-12,14,16H;1-4H;;/q-2;;;+2/i;3D;;. The molecule has 0 bridgehead atoms. The van der Waals surface area contributed by atoms with Crippen molar-refractivity contribution in [2.75, 3.05) is 0 Å². The van der Waals surface area contributed by atoms with Crippen LogP contribution < -0.4 is 14.7 Å². The summed E-state index contributed by atoms with van der Waals surface area (Å²) < 4.78 is 17.9. The molecule has 160 valence electrons. The molecule has 0 unspecified atom stereocenters. The molecular formula is C28H17BiN2OPt. The molecule has 1 aliphatic rings. The Morgan fingerprint density at radius 1 is 0.727 bits per heavy atom. The molecule has 2 aromatic heterocycles. The van der Waals surface area contributed by atoms with Crippen molar-refractivity contribution < 1.29 is 27.2 Å². The monoisotopic (exact) mass is 802 g/mol. The van der Waals surface area contributed by atoms with Crippen molar-refractivity contribution in [3.8, 4) is 33.9 Å². The summed E-state index contributed by atoms with van der Waals surface area (Å²) in [6, 6.07) is 35.5. The van der Waals surface area contributed by atoms with E-state index >= 15 is 0 Å². The zero-order valence-corrected chi connectivity index (χ0v) is 23.1. The number of fused-ring (bicyclic) bond motifs is 3. The Bertz CT molecular complexity index is 1480. The molecule has 0 radical (unpaired) electrons. The van der Waals surface area contributed by atoms with Crippen LogP contribution >= 0.6 is 0 Å². The zero-order chi connectivity index (χ0) is 22.2. The van der Waals surface area contributed by atoms with Gasteiger partial charge in [-0.1, -0.05) is 0 Å². The third-order valence-electron chi connectivity index (χ3n) is 5.30. The number of hydrogen-bond acceptors (Lipinski definition) is 3. The van der Waals surface area contributed by atoms with Gasteiger partial charge in [0, 0.05) is 0 Å². The molecule has 0 spiro atoms. The number of ether oxygens (including phenoxy) is 1. The summed E-state index contributed by atoms with van der Waals surface area (Å²) in [4.78, 5) is 8.90. The van der Waals surface area contributed by atoms with Gasteiger partial charge in [0.1, 0.15) is 0 Å². The van der Waals surface area contributed by atoms with Crippen molar-refractivity contribution in [2.45, 2.75) is 0 Å². The summed E-state index contributed by atoms with van der Waals surface area (Å²) in [5.41, 5.74) is 4.36. The smallest absolute Gasteiger partial charge is 2.00 e. The molecule has 6 rings (SSSR count). The molecule has 3 heterocycles. The normalized spacial score (nSPS) is 12.3. The summed E-state index contributed by atoms with van der Waals surface area (Å²) >= 11 is -2.73. The van der Waals surface area contributed by atoms with E-state index in [1.54, 1.807) is 12.4 Å². The van der Waals surface area contributed by atoms with Crippen molar-refractivity contribution >= 4 is 31.7 Å². The first-order chi connectivity index (χ1) is 16.3. The van der Waals surface area contributed by atoms with Crippen LogP contribution in [0, 0.1) is 12.1 Å². The Morgan fingerprint density at radius 3 is 2.42 bits per heavy atom. The van der Waals surface area contributed by atoms with Gasteiger partial charge in [-0.2, -0.15) is 0 Å². The summed E-state index contributed by atoms with van der Waals surface area (Å²) in [5.74, 6) is 1.15. The molecule has 5 aromatic rings. The number of benzene rings is 3. The maximum Gasteiger partial charge on any atom is 2.00 e. The van der Waals surface area contributed by atoms with Crippen molar-refractivity contribution in [2.24, 2.45) is 0 Å². The molecular weight excluding hydrogens is 784 g/mol. The topological polar surface area (TPSA) is 35.0 Å². The molecule has 0 amide bonds. The van der Waals surface area contributed by atoms with Crippen LogP contribution in [0.2, 0.25) is 0 Å². The van der Waals surface area contributed by atoms with E-state index in [1.165, 1.54) is 17.7 Å². The van der Waals surface area contributed by atoms with Gasteiger partial charge < -0.3 is 0 Å². The van der Waals surface area contributed by atoms with E-state index in [2.05, 4.69) is 58.5 Å². The second-order valence-electron chi connectivity index (χ2n) is 7.29. The number of hydrogen-bond donors (Lipinski definition) is 0. The quantitative estimate of drug-likeness (QED) is 0.200. The van der Waals surface area contributed by atoms with Crippen LogP contribution in [0.1, 0.15) is 1.37 Å². The Morgan fingerprint density at radius 2 is 1.55 bits per heavy atom. The van der Waals surface area contributed by atoms with Gasteiger partial charge in [-0.15, -0.1) is 0 Å². The summed E-state index contributed by atoms with van der Waals surface area (Å²) in [6.07, 6.45) is 3.51. The van der Waals surface area contributed by atoms with Crippen LogP contribution in [0.3, 0.4) is 0 Å². The van der Waals surface area contributed by atoms with Crippen LogP contribution in [0.15, 0.2) is 103 Å². The predicted molar refractivity (Wildman–Crippen MR) is 128 cm³/mol. The Kier molecular flexibility index (Phi) is 6.13. The molecule has 0 saturated carbocycles. The molecule has 1 aliphatic heterocycles. The number of pyridine rings is 2. The van der Waals surface area contributed by atoms with E-state index in [4.69, 9.17) is 6.11 Å². The fraction of sp³-hybridized carbons (Fsp3) is 0. The maximum atomic E-state index is 8.52. The minimum atomic E-state index is -2.73. The maximum absolute atomic E-state index is 8.52. The summed E-state index contributed by atoms with van der Waals surface area (Å²) in [6.45, 7) is 0. The molecule has 33 heavy (non-hydrogen) atoms.